The molecule has 0 spiro atoms. The van der Waals surface area contributed by atoms with Gasteiger partial charge in [-0.1, -0.05) is 31.4 Å². The van der Waals surface area contributed by atoms with E-state index in [1.807, 2.05) is 0 Å². The second-order valence-corrected chi connectivity index (χ2v) is 4.12. The first-order chi connectivity index (χ1) is 6.93. The Balaban J connectivity index is 0.000000146. The average molecular weight is 198 g/mol. The highest BCUT2D eigenvalue weighted by atomic mass is 17.1. The van der Waals surface area contributed by atoms with E-state index in [1.54, 1.807) is 0 Å². The molecule has 0 radical (unpaired) electrons. The predicted molar refractivity (Wildman–Crippen MR) is 58.2 cm³/mol. The van der Waals surface area contributed by atoms with Crippen molar-refractivity contribution in [3.63, 3.8) is 0 Å². The third kappa shape index (κ3) is 5.40. The lowest BCUT2D eigenvalue weighted by Crippen LogP contribution is -2.14. The quantitative estimate of drug-likeness (QED) is 0.393. The SMILES string of the molecule is C1=CCCCC1.OOC1CCCCC1. The minimum absolute atomic E-state index is 0.142. The van der Waals surface area contributed by atoms with Gasteiger partial charge in [-0.25, -0.2) is 4.89 Å². The molecular weight excluding hydrogens is 176 g/mol. The Bertz CT molecular complexity index is 140. The van der Waals surface area contributed by atoms with E-state index in [0.717, 1.165) is 12.8 Å². The Labute approximate surface area is 86.9 Å². The van der Waals surface area contributed by atoms with Gasteiger partial charge in [0, 0.05) is 0 Å². The summed E-state index contributed by atoms with van der Waals surface area (Å²) in [7, 11) is 0. The summed E-state index contributed by atoms with van der Waals surface area (Å²) in [4.78, 5) is 4.19. The summed E-state index contributed by atoms with van der Waals surface area (Å²) in [6.45, 7) is 0. The molecule has 2 aliphatic rings. The van der Waals surface area contributed by atoms with Gasteiger partial charge in [0.1, 0.15) is 0 Å². The highest BCUT2D eigenvalue weighted by Gasteiger charge is 2.12. The molecule has 2 aliphatic carbocycles. The molecule has 14 heavy (non-hydrogen) atoms. The standard InChI is InChI=1S/C6H12O2.C6H10/c7-8-6-4-2-1-3-5-6;1-2-4-6-5-3-1/h6-7H,1-5H2;1-2H,3-6H2. The van der Waals surface area contributed by atoms with Gasteiger partial charge >= 0.3 is 0 Å². The van der Waals surface area contributed by atoms with E-state index < -0.39 is 0 Å². The minimum atomic E-state index is 0.142. The van der Waals surface area contributed by atoms with Crippen molar-refractivity contribution >= 4 is 0 Å². The topological polar surface area (TPSA) is 29.5 Å². The van der Waals surface area contributed by atoms with Crippen LogP contribution < -0.4 is 0 Å². The van der Waals surface area contributed by atoms with Gasteiger partial charge in [0.05, 0.1) is 6.10 Å². The van der Waals surface area contributed by atoms with Crippen LogP contribution in [0.15, 0.2) is 12.2 Å². The molecule has 1 N–H and O–H groups in total. The summed E-state index contributed by atoms with van der Waals surface area (Å²) >= 11 is 0. The van der Waals surface area contributed by atoms with Gasteiger partial charge in [-0.3, -0.25) is 5.26 Å². The van der Waals surface area contributed by atoms with Gasteiger partial charge in [-0.15, -0.1) is 0 Å². The molecule has 2 nitrogen and oxygen atoms in total. The molecule has 0 atom stereocenters. The van der Waals surface area contributed by atoms with Gasteiger partial charge in [-0.2, -0.15) is 0 Å². The Morgan fingerprint density at radius 3 is 1.71 bits per heavy atom. The summed E-state index contributed by atoms with van der Waals surface area (Å²) in [5, 5.41) is 8.19. The molecule has 0 amide bonds. The van der Waals surface area contributed by atoms with Crippen LogP contribution in [0.5, 0.6) is 0 Å². The van der Waals surface area contributed by atoms with Crippen molar-refractivity contribution in [2.24, 2.45) is 0 Å². The van der Waals surface area contributed by atoms with Crippen LogP contribution in [0.1, 0.15) is 57.8 Å². The molecule has 0 aliphatic heterocycles. The van der Waals surface area contributed by atoms with Gasteiger partial charge in [0.25, 0.3) is 0 Å². The van der Waals surface area contributed by atoms with E-state index in [-0.39, 0.29) is 6.10 Å². The van der Waals surface area contributed by atoms with Gasteiger partial charge in [0.2, 0.25) is 0 Å². The number of hydrogen-bond acceptors (Lipinski definition) is 2. The lowest BCUT2D eigenvalue weighted by molar-refractivity contribution is -0.283. The second-order valence-electron chi connectivity index (χ2n) is 4.12. The monoisotopic (exact) mass is 198 g/mol. The lowest BCUT2D eigenvalue weighted by Gasteiger charge is -2.17. The maximum absolute atomic E-state index is 8.19. The summed E-state index contributed by atoms with van der Waals surface area (Å²) in [5.41, 5.74) is 0. The van der Waals surface area contributed by atoms with E-state index in [1.165, 1.54) is 44.9 Å². The summed E-state index contributed by atoms with van der Waals surface area (Å²) in [6, 6.07) is 0. The van der Waals surface area contributed by atoms with Crippen molar-refractivity contribution in [1.82, 2.24) is 0 Å². The Kier molecular flexibility index (Phi) is 6.71. The Morgan fingerprint density at radius 1 is 0.857 bits per heavy atom. The van der Waals surface area contributed by atoms with Crippen LogP contribution in [0.2, 0.25) is 0 Å². The van der Waals surface area contributed by atoms with Crippen molar-refractivity contribution in [3.05, 3.63) is 12.2 Å². The number of rotatable bonds is 1. The second kappa shape index (κ2) is 8.01. The van der Waals surface area contributed by atoms with Crippen molar-refractivity contribution in [1.29, 1.82) is 0 Å². The third-order valence-corrected chi connectivity index (χ3v) is 2.86. The van der Waals surface area contributed by atoms with Crippen molar-refractivity contribution in [2.45, 2.75) is 63.9 Å². The van der Waals surface area contributed by atoms with E-state index >= 15 is 0 Å². The van der Waals surface area contributed by atoms with Gasteiger partial charge < -0.3 is 0 Å². The van der Waals surface area contributed by atoms with Gasteiger partial charge in [0.15, 0.2) is 0 Å². The third-order valence-electron chi connectivity index (χ3n) is 2.86. The Morgan fingerprint density at radius 2 is 1.43 bits per heavy atom. The van der Waals surface area contributed by atoms with Gasteiger partial charge in [-0.05, 0) is 38.5 Å². The minimum Gasteiger partial charge on any atom is -0.252 e. The molecule has 0 bridgehead atoms. The lowest BCUT2D eigenvalue weighted by atomic mass is 9.98. The van der Waals surface area contributed by atoms with Crippen LogP contribution in [-0.4, -0.2) is 11.4 Å². The molecule has 0 aromatic heterocycles. The zero-order valence-electron chi connectivity index (χ0n) is 8.95. The summed E-state index contributed by atoms with van der Waals surface area (Å²) in [5.74, 6) is 0. The molecule has 0 unspecified atom stereocenters. The van der Waals surface area contributed by atoms with Crippen molar-refractivity contribution in [2.75, 3.05) is 0 Å². The molecule has 2 heteroatoms. The summed E-state index contributed by atoms with van der Waals surface area (Å²) < 4.78 is 0. The average Bonchev–Trinajstić information content (AvgIpc) is 2.33. The van der Waals surface area contributed by atoms with E-state index in [4.69, 9.17) is 5.26 Å². The maximum atomic E-state index is 8.19. The van der Waals surface area contributed by atoms with Crippen molar-refractivity contribution in [3.8, 4) is 0 Å². The number of hydrogen-bond donors (Lipinski definition) is 1. The first-order valence-electron chi connectivity index (χ1n) is 5.88. The fourth-order valence-corrected chi connectivity index (χ4v) is 1.93. The van der Waals surface area contributed by atoms with Crippen LogP contribution in [0.25, 0.3) is 0 Å². The van der Waals surface area contributed by atoms with Crippen LogP contribution in [0, 0.1) is 0 Å². The predicted octanol–water partition coefficient (Wildman–Crippen LogP) is 3.93. The molecule has 2 rings (SSSR count). The zero-order chi connectivity index (χ0) is 10.1. The molecular formula is C12H22O2. The Hall–Kier alpha value is -0.340. The van der Waals surface area contributed by atoms with Crippen LogP contribution in [-0.2, 0) is 4.89 Å². The molecule has 1 saturated carbocycles. The van der Waals surface area contributed by atoms with Crippen LogP contribution in [0.4, 0.5) is 0 Å². The van der Waals surface area contributed by atoms with E-state index in [2.05, 4.69) is 17.0 Å². The molecule has 0 saturated heterocycles. The zero-order valence-corrected chi connectivity index (χ0v) is 8.95. The van der Waals surface area contributed by atoms with E-state index in [9.17, 15) is 0 Å². The highest BCUT2D eigenvalue weighted by Crippen LogP contribution is 2.18. The van der Waals surface area contributed by atoms with Crippen molar-refractivity contribution < 1.29 is 10.1 Å². The smallest absolute Gasteiger partial charge is 0.0927 e. The maximum Gasteiger partial charge on any atom is 0.0927 e. The number of allylic oxidation sites excluding steroid dienone is 2. The first kappa shape index (κ1) is 11.7. The van der Waals surface area contributed by atoms with Crippen LogP contribution in [0.3, 0.4) is 0 Å². The largest absolute Gasteiger partial charge is 0.252 e. The van der Waals surface area contributed by atoms with E-state index in [0.29, 0.717) is 0 Å². The normalized spacial score (nSPS) is 22.6. The molecule has 0 aromatic carbocycles. The van der Waals surface area contributed by atoms with Crippen LogP contribution >= 0.6 is 0 Å². The molecule has 82 valence electrons. The fourth-order valence-electron chi connectivity index (χ4n) is 1.93. The highest BCUT2D eigenvalue weighted by molar-refractivity contribution is 4.85. The summed E-state index contributed by atoms with van der Waals surface area (Å²) in [6.07, 6.45) is 16.0. The molecule has 1 fully saturated rings. The molecule has 0 aromatic rings. The first-order valence-corrected chi connectivity index (χ1v) is 5.88. The fraction of sp³-hybridized carbons (Fsp3) is 0.833. The molecule has 0 heterocycles.